The fourth-order valence-corrected chi connectivity index (χ4v) is 3.57. The lowest BCUT2D eigenvalue weighted by atomic mass is 9.97. The van der Waals surface area contributed by atoms with Crippen LogP contribution in [0.15, 0.2) is 30.3 Å². The van der Waals surface area contributed by atoms with Crippen LogP contribution in [-0.2, 0) is 9.59 Å². The molecule has 140 valence electrons. The number of benzene rings is 1. The molecule has 0 bridgehead atoms. The number of hydrogen-bond acceptors (Lipinski definition) is 5. The number of nitrogens with one attached hydrogen (secondary N) is 2. The second-order valence-electron chi connectivity index (χ2n) is 7.06. The van der Waals surface area contributed by atoms with Crippen molar-refractivity contribution in [2.75, 3.05) is 38.1 Å². The van der Waals surface area contributed by atoms with Crippen molar-refractivity contribution in [3.63, 3.8) is 0 Å². The van der Waals surface area contributed by atoms with Crippen molar-refractivity contribution in [2.45, 2.75) is 18.9 Å². The summed E-state index contributed by atoms with van der Waals surface area (Å²) in [6.45, 7) is 3.41. The van der Waals surface area contributed by atoms with E-state index in [1.807, 2.05) is 31.3 Å². The van der Waals surface area contributed by atoms with Gasteiger partial charge in [0, 0.05) is 44.0 Å². The first-order valence-corrected chi connectivity index (χ1v) is 9.02. The van der Waals surface area contributed by atoms with E-state index in [1.54, 1.807) is 11.6 Å². The number of piperidine rings is 1. The summed E-state index contributed by atoms with van der Waals surface area (Å²) in [7, 11) is 2.03. The number of hydrogen-bond donors (Lipinski definition) is 3. The number of para-hydroxylation sites is 1. The number of hydroxylamine groups is 1. The maximum atomic E-state index is 12.2. The van der Waals surface area contributed by atoms with Crippen LogP contribution in [0.3, 0.4) is 0 Å². The largest absolute Gasteiger partial charge is 0.371 e. The summed E-state index contributed by atoms with van der Waals surface area (Å²) in [4.78, 5) is 27.8. The number of nitrogens with zero attached hydrogens (tertiary/aromatic N) is 2. The molecule has 0 aromatic heterocycles. The number of rotatable bonds is 5. The Morgan fingerprint density at radius 2 is 1.88 bits per heavy atom. The highest BCUT2D eigenvalue weighted by Gasteiger charge is 2.31. The molecule has 0 spiro atoms. The molecule has 1 aromatic rings. The van der Waals surface area contributed by atoms with Crippen molar-refractivity contribution in [3.05, 3.63) is 35.9 Å². The summed E-state index contributed by atoms with van der Waals surface area (Å²) in [5.74, 6) is -0.232. The standard InChI is InChI=1S/C19H26N4O3/c1-22-12-15(13-22)19(25)20-16-8-10-23(11-9-16)17-5-3-2-4-14(17)6-7-18(24)21-26/h2-7,15-16,26H,8-13H2,1H3,(H,20,25)(H,21,24). The van der Waals surface area contributed by atoms with E-state index >= 15 is 0 Å². The van der Waals surface area contributed by atoms with Crippen LogP contribution in [0.2, 0.25) is 0 Å². The molecule has 0 saturated carbocycles. The third kappa shape index (κ3) is 4.42. The van der Waals surface area contributed by atoms with Crippen molar-refractivity contribution in [1.29, 1.82) is 0 Å². The van der Waals surface area contributed by atoms with Crippen LogP contribution >= 0.6 is 0 Å². The fourth-order valence-electron chi connectivity index (χ4n) is 3.57. The zero-order chi connectivity index (χ0) is 18.5. The minimum atomic E-state index is -0.553. The van der Waals surface area contributed by atoms with E-state index in [0.29, 0.717) is 0 Å². The SMILES string of the molecule is CN1CC(C(=O)NC2CCN(c3ccccc3C=CC(=O)NO)CC2)C1. The third-order valence-corrected chi connectivity index (χ3v) is 5.08. The van der Waals surface area contributed by atoms with E-state index in [2.05, 4.69) is 15.1 Å². The van der Waals surface area contributed by atoms with Crippen LogP contribution < -0.4 is 15.7 Å². The van der Waals surface area contributed by atoms with Crippen molar-refractivity contribution in [2.24, 2.45) is 5.92 Å². The molecule has 3 N–H and O–H groups in total. The van der Waals surface area contributed by atoms with Gasteiger partial charge in [-0.1, -0.05) is 18.2 Å². The van der Waals surface area contributed by atoms with Crippen LogP contribution in [0.5, 0.6) is 0 Å². The Labute approximate surface area is 153 Å². The molecule has 2 saturated heterocycles. The molecule has 26 heavy (non-hydrogen) atoms. The number of amides is 2. The lowest BCUT2D eigenvalue weighted by Crippen LogP contribution is -2.54. The van der Waals surface area contributed by atoms with Crippen LogP contribution in [0.25, 0.3) is 6.08 Å². The first-order valence-electron chi connectivity index (χ1n) is 9.02. The highest BCUT2D eigenvalue weighted by atomic mass is 16.5. The Bertz CT molecular complexity index is 677. The Morgan fingerprint density at radius 1 is 1.19 bits per heavy atom. The minimum absolute atomic E-state index is 0.140. The molecule has 0 atom stereocenters. The second-order valence-corrected chi connectivity index (χ2v) is 7.06. The van der Waals surface area contributed by atoms with Gasteiger partial charge in [0.1, 0.15) is 0 Å². The maximum absolute atomic E-state index is 12.2. The van der Waals surface area contributed by atoms with Gasteiger partial charge in [0.05, 0.1) is 5.92 Å². The molecular formula is C19H26N4O3. The first kappa shape index (κ1) is 18.4. The van der Waals surface area contributed by atoms with Crippen LogP contribution in [0.4, 0.5) is 5.69 Å². The van der Waals surface area contributed by atoms with E-state index in [4.69, 9.17) is 5.21 Å². The molecule has 0 unspecified atom stereocenters. The van der Waals surface area contributed by atoms with E-state index in [9.17, 15) is 9.59 Å². The highest BCUT2D eigenvalue weighted by molar-refractivity contribution is 5.91. The molecule has 2 fully saturated rings. The van der Waals surface area contributed by atoms with E-state index in [-0.39, 0.29) is 17.9 Å². The quantitative estimate of drug-likeness (QED) is 0.413. The molecule has 2 aliphatic rings. The lowest BCUT2D eigenvalue weighted by molar-refractivity contribution is -0.130. The molecule has 7 nitrogen and oxygen atoms in total. The molecule has 2 heterocycles. The van der Waals surface area contributed by atoms with Gasteiger partial charge in [-0.05, 0) is 37.6 Å². The van der Waals surface area contributed by atoms with Gasteiger partial charge in [0.25, 0.3) is 5.91 Å². The van der Waals surface area contributed by atoms with Gasteiger partial charge < -0.3 is 15.1 Å². The summed E-state index contributed by atoms with van der Waals surface area (Å²) in [5, 5.41) is 11.8. The molecule has 2 amide bonds. The predicted molar refractivity (Wildman–Crippen MR) is 99.8 cm³/mol. The number of anilines is 1. The van der Waals surface area contributed by atoms with Crippen molar-refractivity contribution in [3.8, 4) is 0 Å². The number of carbonyl (C=O) groups is 2. The van der Waals surface area contributed by atoms with E-state index < -0.39 is 5.91 Å². The summed E-state index contributed by atoms with van der Waals surface area (Å²) < 4.78 is 0. The topological polar surface area (TPSA) is 84.9 Å². The van der Waals surface area contributed by atoms with Crippen molar-refractivity contribution in [1.82, 2.24) is 15.7 Å². The van der Waals surface area contributed by atoms with Gasteiger partial charge in [-0.25, -0.2) is 5.48 Å². The van der Waals surface area contributed by atoms with Crippen LogP contribution in [0.1, 0.15) is 18.4 Å². The molecule has 2 aliphatic heterocycles. The molecule has 0 radical (unpaired) electrons. The van der Waals surface area contributed by atoms with Gasteiger partial charge in [-0.3, -0.25) is 14.8 Å². The average molecular weight is 358 g/mol. The Morgan fingerprint density at radius 3 is 2.54 bits per heavy atom. The normalized spacial score (nSPS) is 19.4. The highest BCUT2D eigenvalue weighted by Crippen LogP contribution is 2.25. The maximum Gasteiger partial charge on any atom is 0.267 e. The van der Waals surface area contributed by atoms with Crippen LogP contribution in [-0.4, -0.2) is 61.2 Å². The van der Waals surface area contributed by atoms with Gasteiger partial charge in [0.15, 0.2) is 0 Å². The molecule has 7 heteroatoms. The van der Waals surface area contributed by atoms with Crippen LogP contribution in [0, 0.1) is 5.92 Å². The first-order chi connectivity index (χ1) is 12.6. The lowest BCUT2D eigenvalue weighted by Gasteiger charge is -2.38. The predicted octanol–water partition coefficient (Wildman–Crippen LogP) is 0.852. The summed E-state index contributed by atoms with van der Waals surface area (Å²) >= 11 is 0. The Kier molecular flexibility index (Phi) is 5.90. The molecule has 0 aliphatic carbocycles. The Balaban J connectivity index is 1.55. The third-order valence-electron chi connectivity index (χ3n) is 5.08. The van der Waals surface area contributed by atoms with Gasteiger partial charge in [-0.15, -0.1) is 0 Å². The van der Waals surface area contributed by atoms with Crippen molar-refractivity contribution >= 4 is 23.6 Å². The number of carbonyl (C=O) groups excluding carboxylic acids is 2. The molecule has 3 rings (SSSR count). The summed E-state index contributed by atoms with van der Waals surface area (Å²) in [6, 6.07) is 8.09. The molecular weight excluding hydrogens is 332 g/mol. The van der Waals surface area contributed by atoms with E-state index in [1.165, 1.54) is 6.08 Å². The van der Waals surface area contributed by atoms with Gasteiger partial charge in [-0.2, -0.15) is 0 Å². The zero-order valence-corrected chi connectivity index (χ0v) is 15.0. The van der Waals surface area contributed by atoms with E-state index in [0.717, 1.165) is 50.3 Å². The monoisotopic (exact) mass is 358 g/mol. The fraction of sp³-hybridized carbons (Fsp3) is 0.474. The average Bonchev–Trinajstić information content (AvgIpc) is 2.64. The summed E-state index contributed by atoms with van der Waals surface area (Å²) in [6.07, 6.45) is 4.82. The Hall–Kier alpha value is -2.38. The molecule has 1 aromatic carbocycles. The minimum Gasteiger partial charge on any atom is -0.371 e. The van der Waals surface area contributed by atoms with Crippen molar-refractivity contribution < 1.29 is 14.8 Å². The van der Waals surface area contributed by atoms with Gasteiger partial charge in [0.2, 0.25) is 5.91 Å². The number of likely N-dealkylation sites (tertiary alicyclic amines) is 1. The zero-order valence-electron chi connectivity index (χ0n) is 15.0. The smallest absolute Gasteiger partial charge is 0.267 e. The van der Waals surface area contributed by atoms with Gasteiger partial charge >= 0.3 is 0 Å². The second kappa shape index (κ2) is 8.33. The summed E-state index contributed by atoms with van der Waals surface area (Å²) in [5.41, 5.74) is 3.58.